The van der Waals surface area contributed by atoms with Gasteiger partial charge < -0.3 is 22.5 Å². The summed E-state index contributed by atoms with van der Waals surface area (Å²) in [5, 5.41) is 15.0. The lowest BCUT2D eigenvalue weighted by Gasteiger charge is -2.18. The monoisotopic (exact) mass is 1740 g/mol. The smallest absolute Gasteiger partial charge is 0.143 e. The maximum atomic E-state index is 6.50. The van der Waals surface area contributed by atoms with Crippen LogP contribution in [0.25, 0.3) is 224 Å². The lowest BCUT2D eigenvalue weighted by molar-refractivity contribution is 0.669. The van der Waals surface area contributed by atoms with Gasteiger partial charge in [0.2, 0.25) is 0 Å². The van der Waals surface area contributed by atoms with Crippen molar-refractivity contribution in [1.29, 1.82) is 0 Å². The van der Waals surface area contributed by atoms with E-state index < -0.39 is 0 Å². The second-order valence-corrected chi connectivity index (χ2v) is 37.1. The first-order chi connectivity index (χ1) is 66.1. The van der Waals surface area contributed by atoms with Crippen molar-refractivity contribution in [2.45, 2.75) is 91.9 Å². The molecule has 0 aliphatic carbocycles. The Bertz CT molecular complexity index is 8750. The normalized spacial score (nSPS) is 12.2. The fourth-order valence-corrected chi connectivity index (χ4v) is 22.2. The molecule has 0 fully saturated rings. The zero-order valence-electron chi connectivity index (χ0n) is 76.3. The maximum absolute atomic E-state index is 6.50. The molecular formula is C128H101N3O2S. The predicted molar refractivity (Wildman–Crippen MR) is 573 cm³/mol. The Morgan fingerprint density at radius 3 is 1.30 bits per heavy atom. The standard InChI is InChI=1S/C44H39NO.C42H27NO.C42H35NS/c1-5-28(3)30-22-24-35-36-25-23-31(29(4)6-2)27-41(36)45(40(35)26-30)39-19-11-9-16-34(39)32-14-7-8-15-33(32)37-18-13-21-43-44(37)38-17-10-12-20-42(38)46-43;1-2-13-28(14-3-1)29-25-26-34-33-18-7-10-23-39(33)43(40(34)27-29)38-22-9-6-17-32(38)30-15-4-5-16-31(30)36-20-12-21-37-35-19-8-11-24-41(35)44-42(36)37;1-3-5-12-29-22-24-35-34-23-21-28(4-2)25-39(34)43(40(35)26-29)38-19-8-6-15-32(38)30-13-10-14-31(27-30)33-17-11-18-37-36-16-7-9-20-41(36)44-42(33)37/h7-29H,5-6H2,1-4H3;1-27H;6-11,13-27H,3-5,12H2,1-2H3. The number of hydrogen-bond acceptors (Lipinski definition) is 3. The highest BCUT2D eigenvalue weighted by Gasteiger charge is 2.26. The summed E-state index contributed by atoms with van der Waals surface area (Å²) in [6, 6.07) is 153. The molecule has 2 atom stereocenters. The summed E-state index contributed by atoms with van der Waals surface area (Å²) in [6.45, 7) is 13.7. The van der Waals surface area contributed by atoms with Crippen molar-refractivity contribution in [2.24, 2.45) is 0 Å². The minimum Gasteiger partial charge on any atom is -0.456 e. The van der Waals surface area contributed by atoms with Gasteiger partial charge in [0.05, 0.1) is 50.2 Å². The number of benzene rings is 19. The number of furan rings is 2. The molecule has 0 aliphatic heterocycles. The molecule has 6 heterocycles. The molecule has 0 aliphatic rings. The summed E-state index contributed by atoms with van der Waals surface area (Å²) >= 11 is 1.89. The molecule has 25 rings (SSSR count). The van der Waals surface area contributed by atoms with E-state index in [0.29, 0.717) is 11.8 Å². The molecule has 19 aromatic carbocycles. The van der Waals surface area contributed by atoms with Crippen molar-refractivity contribution in [3.05, 3.63) is 441 Å². The van der Waals surface area contributed by atoms with Gasteiger partial charge in [-0.15, -0.1) is 11.3 Å². The van der Waals surface area contributed by atoms with Crippen molar-refractivity contribution in [3.8, 4) is 95.0 Å². The van der Waals surface area contributed by atoms with Crippen molar-refractivity contribution >= 4 is 141 Å². The molecule has 134 heavy (non-hydrogen) atoms. The van der Waals surface area contributed by atoms with E-state index in [0.717, 1.165) is 86.4 Å². The van der Waals surface area contributed by atoms with Gasteiger partial charge in [-0.05, 0) is 207 Å². The molecule has 25 aromatic rings. The van der Waals surface area contributed by atoms with Gasteiger partial charge >= 0.3 is 0 Å². The van der Waals surface area contributed by atoms with Crippen molar-refractivity contribution < 1.29 is 8.83 Å². The summed E-state index contributed by atoms with van der Waals surface area (Å²) in [5.41, 5.74) is 37.1. The van der Waals surface area contributed by atoms with Gasteiger partial charge in [-0.25, -0.2) is 0 Å². The molecular weight excluding hydrogens is 1640 g/mol. The SMILES string of the molecule is CCC(C)c1ccc2c3ccc(C(C)CC)cc3n(-c3ccccc3-c3ccccc3-c3cccc4oc5ccccc5c34)c2c1.CCCCc1ccc2c3ccc(CC)cc3n(-c3ccccc3-c3cccc(-c4cccc5c4sc4ccccc45)c3)c2c1.c1ccc(-c2ccc3c4ccccc4n(-c4ccccc4-c4ccccc4-c4cccc5c4oc4ccccc45)c3c2)cc1. The van der Waals surface area contributed by atoms with Gasteiger partial charge in [0.25, 0.3) is 0 Å². The predicted octanol–water partition coefficient (Wildman–Crippen LogP) is 37.1. The molecule has 0 amide bonds. The van der Waals surface area contributed by atoms with E-state index in [1.807, 2.05) is 29.5 Å². The average molecular weight is 1750 g/mol. The number of nitrogens with zero attached hydrogens (tertiary/aromatic N) is 3. The Morgan fingerprint density at radius 2 is 0.664 bits per heavy atom. The zero-order valence-corrected chi connectivity index (χ0v) is 77.1. The molecule has 646 valence electrons. The van der Waals surface area contributed by atoms with E-state index in [1.165, 1.54) is 199 Å². The topological polar surface area (TPSA) is 41.1 Å². The largest absolute Gasteiger partial charge is 0.456 e. The quantitative estimate of drug-likeness (QED) is 0.0859. The summed E-state index contributed by atoms with van der Waals surface area (Å²) < 4.78 is 23.0. The number of aryl methyl sites for hydroxylation is 2. The summed E-state index contributed by atoms with van der Waals surface area (Å²) in [5.74, 6) is 0.987. The number of aromatic nitrogens is 3. The number of rotatable bonds is 18. The molecule has 0 N–H and O–H groups in total. The zero-order chi connectivity index (χ0) is 90.0. The summed E-state index contributed by atoms with van der Waals surface area (Å²) in [4.78, 5) is 0. The number of para-hydroxylation sites is 7. The molecule has 6 heteroatoms. The van der Waals surface area contributed by atoms with E-state index in [9.17, 15) is 0 Å². The van der Waals surface area contributed by atoms with Crippen LogP contribution in [0.3, 0.4) is 0 Å². The van der Waals surface area contributed by atoms with Gasteiger partial charge in [-0.3, -0.25) is 0 Å². The fourth-order valence-electron chi connectivity index (χ4n) is 21.0. The Kier molecular flexibility index (Phi) is 21.8. The van der Waals surface area contributed by atoms with Crippen LogP contribution >= 0.6 is 11.3 Å². The minimum atomic E-state index is 0.493. The second kappa shape index (κ2) is 35.3. The molecule has 0 bridgehead atoms. The van der Waals surface area contributed by atoms with Gasteiger partial charge in [0, 0.05) is 96.3 Å². The van der Waals surface area contributed by atoms with Crippen LogP contribution < -0.4 is 0 Å². The van der Waals surface area contributed by atoms with Gasteiger partial charge in [-0.1, -0.05) is 382 Å². The highest BCUT2D eigenvalue weighted by Crippen LogP contribution is 2.50. The lowest BCUT2D eigenvalue weighted by atomic mass is 9.91. The van der Waals surface area contributed by atoms with Crippen LogP contribution in [0.4, 0.5) is 0 Å². The first-order valence-corrected chi connectivity index (χ1v) is 48.5. The third kappa shape index (κ3) is 14.6. The third-order valence-corrected chi connectivity index (χ3v) is 29.4. The van der Waals surface area contributed by atoms with Crippen molar-refractivity contribution in [2.75, 3.05) is 0 Å². The van der Waals surface area contributed by atoms with E-state index in [1.54, 1.807) is 0 Å². The molecule has 0 saturated carbocycles. The highest BCUT2D eigenvalue weighted by atomic mass is 32.1. The molecule has 5 nitrogen and oxygen atoms in total. The number of thiophene rings is 1. The molecule has 0 spiro atoms. The second-order valence-electron chi connectivity index (χ2n) is 36.0. The Balaban J connectivity index is 0.000000114. The van der Waals surface area contributed by atoms with E-state index >= 15 is 0 Å². The molecule has 0 saturated heterocycles. The van der Waals surface area contributed by atoms with Gasteiger partial charge in [0.15, 0.2) is 0 Å². The van der Waals surface area contributed by atoms with Gasteiger partial charge in [0.1, 0.15) is 22.3 Å². The molecule has 0 radical (unpaired) electrons. The van der Waals surface area contributed by atoms with Crippen LogP contribution in [0.15, 0.2) is 427 Å². The lowest BCUT2D eigenvalue weighted by Crippen LogP contribution is -2.00. The summed E-state index contributed by atoms with van der Waals surface area (Å²) in [6.07, 6.45) is 6.77. The summed E-state index contributed by atoms with van der Waals surface area (Å²) in [7, 11) is 0. The maximum Gasteiger partial charge on any atom is 0.143 e. The third-order valence-electron chi connectivity index (χ3n) is 28.2. The fraction of sp³-hybridized carbons (Fsp3) is 0.109. The Labute approximate surface area is 785 Å². The van der Waals surface area contributed by atoms with Crippen LogP contribution in [-0.4, -0.2) is 13.7 Å². The van der Waals surface area contributed by atoms with Gasteiger partial charge in [-0.2, -0.15) is 0 Å². The minimum absolute atomic E-state index is 0.493. The van der Waals surface area contributed by atoms with Crippen LogP contribution in [0, 0.1) is 0 Å². The van der Waals surface area contributed by atoms with E-state index in [4.69, 9.17) is 8.83 Å². The Hall–Kier alpha value is -15.6. The first-order valence-electron chi connectivity index (χ1n) is 47.7. The molecule has 2 unspecified atom stereocenters. The van der Waals surface area contributed by atoms with Crippen molar-refractivity contribution in [3.63, 3.8) is 0 Å². The van der Waals surface area contributed by atoms with E-state index in [-0.39, 0.29) is 0 Å². The van der Waals surface area contributed by atoms with Crippen LogP contribution in [0.2, 0.25) is 0 Å². The number of unbranched alkanes of at least 4 members (excludes halogenated alkanes) is 1. The molecule has 6 aromatic heterocycles. The van der Waals surface area contributed by atoms with Crippen LogP contribution in [0.1, 0.15) is 101 Å². The number of fused-ring (bicyclic) bond motifs is 18. The average Bonchev–Trinajstić information content (AvgIpc) is 1.54. The van der Waals surface area contributed by atoms with Crippen LogP contribution in [0.5, 0.6) is 0 Å². The number of hydrogen-bond donors (Lipinski definition) is 0. The first kappa shape index (κ1) is 82.8. The van der Waals surface area contributed by atoms with Crippen molar-refractivity contribution in [1.82, 2.24) is 13.7 Å². The van der Waals surface area contributed by atoms with Crippen LogP contribution in [-0.2, 0) is 12.8 Å². The highest BCUT2D eigenvalue weighted by molar-refractivity contribution is 7.26. The Morgan fingerprint density at radius 1 is 0.254 bits per heavy atom. The van der Waals surface area contributed by atoms with E-state index in [2.05, 4.69) is 456 Å².